The van der Waals surface area contributed by atoms with Crippen LogP contribution in [0.4, 0.5) is 0 Å². The number of carboxylic acids is 1. The Morgan fingerprint density at radius 2 is 2.20 bits per heavy atom. The maximum Gasteiger partial charge on any atom is 0.323 e. The third kappa shape index (κ3) is 5.50. The van der Waals surface area contributed by atoms with E-state index in [1.54, 1.807) is 0 Å². The van der Waals surface area contributed by atoms with Crippen LogP contribution in [0.2, 0.25) is 0 Å². The van der Waals surface area contributed by atoms with Gasteiger partial charge in [0, 0.05) is 26.5 Å². The maximum absolute atomic E-state index is 9.92. The standard InChI is InChI=1S/C4H9N3O2.Zn/c1-7(4(5)6)2-3(8)9;/h2H2,1H3,(H3,5,6)(H,8,9);. The van der Waals surface area contributed by atoms with Gasteiger partial charge in [-0.3, -0.25) is 10.2 Å². The molecular weight excluding hydrogens is 187 g/mol. The molecule has 0 spiro atoms. The number of nitrogens with two attached hydrogens (primary N) is 1. The molecule has 0 aliphatic heterocycles. The van der Waals surface area contributed by atoms with Gasteiger partial charge in [-0.05, 0) is 0 Å². The average Bonchev–Trinajstić information content (AvgIpc) is 1.63. The molecule has 0 bridgehead atoms. The summed E-state index contributed by atoms with van der Waals surface area (Å²) < 4.78 is 0. The van der Waals surface area contributed by atoms with E-state index in [4.69, 9.17) is 16.2 Å². The van der Waals surface area contributed by atoms with Gasteiger partial charge in [0.2, 0.25) is 0 Å². The summed E-state index contributed by atoms with van der Waals surface area (Å²) in [7, 11) is 1.44. The number of aliphatic carboxylic acids is 1. The summed E-state index contributed by atoms with van der Waals surface area (Å²) in [6, 6.07) is 0. The van der Waals surface area contributed by atoms with E-state index in [9.17, 15) is 4.79 Å². The molecule has 0 aliphatic carbocycles. The first-order valence-corrected chi connectivity index (χ1v) is 2.31. The minimum atomic E-state index is -0.993. The molecule has 0 amide bonds. The van der Waals surface area contributed by atoms with Gasteiger partial charge < -0.3 is 15.7 Å². The van der Waals surface area contributed by atoms with Crippen LogP contribution in [0.5, 0.6) is 0 Å². The molecule has 0 aliphatic rings. The van der Waals surface area contributed by atoms with Crippen molar-refractivity contribution in [2.24, 2.45) is 5.73 Å². The van der Waals surface area contributed by atoms with Crippen molar-refractivity contribution in [1.82, 2.24) is 4.90 Å². The summed E-state index contributed by atoms with van der Waals surface area (Å²) in [5.74, 6) is -1.23. The van der Waals surface area contributed by atoms with Crippen LogP contribution in [0.15, 0.2) is 0 Å². The molecule has 54 valence electrons. The number of carboxylic acid groups (broad SMARTS) is 1. The third-order valence-electron chi connectivity index (χ3n) is 0.784. The van der Waals surface area contributed by atoms with Crippen molar-refractivity contribution in [3.63, 3.8) is 0 Å². The molecule has 0 fully saturated rings. The van der Waals surface area contributed by atoms with Gasteiger partial charge in [-0.2, -0.15) is 0 Å². The van der Waals surface area contributed by atoms with E-state index in [2.05, 4.69) is 0 Å². The number of rotatable bonds is 2. The van der Waals surface area contributed by atoms with E-state index >= 15 is 0 Å². The van der Waals surface area contributed by atoms with Crippen molar-refractivity contribution in [2.75, 3.05) is 13.6 Å². The molecule has 0 radical (unpaired) electrons. The van der Waals surface area contributed by atoms with Crippen molar-refractivity contribution in [3.8, 4) is 0 Å². The van der Waals surface area contributed by atoms with E-state index in [-0.39, 0.29) is 32.0 Å². The largest absolute Gasteiger partial charge is 0.480 e. The molecule has 0 aromatic carbocycles. The summed E-state index contributed by atoms with van der Waals surface area (Å²) in [6.07, 6.45) is 0. The first kappa shape index (κ1) is 12.1. The summed E-state index contributed by atoms with van der Waals surface area (Å²) >= 11 is 0. The number of guanidine groups is 1. The van der Waals surface area contributed by atoms with Crippen LogP contribution in [-0.2, 0) is 24.3 Å². The van der Waals surface area contributed by atoms with Crippen molar-refractivity contribution in [3.05, 3.63) is 0 Å². The molecule has 0 aromatic heterocycles. The molecule has 4 N–H and O–H groups in total. The van der Waals surface area contributed by atoms with Crippen molar-refractivity contribution in [1.29, 1.82) is 5.41 Å². The van der Waals surface area contributed by atoms with Crippen LogP contribution >= 0.6 is 0 Å². The third-order valence-corrected chi connectivity index (χ3v) is 0.784. The molecule has 5 nitrogen and oxygen atoms in total. The second kappa shape index (κ2) is 5.17. The van der Waals surface area contributed by atoms with Gasteiger partial charge in [0.05, 0.1) is 0 Å². The predicted molar refractivity (Wildman–Crippen MR) is 32.2 cm³/mol. The van der Waals surface area contributed by atoms with Crippen molar-refractivity contribution >= 4 is 11.9 Å². The Balaban J connectivity index is 0. The summed E-state index contributed by atoms with van der Waals surface area (Å²) in [5.41, 5.74) is 4.93. The van der Waals surface area contributed by atoms with E-state index in [1.807, 2.05) is 0 Å². The fourth-order valence-electron chi connectivity index (χ4n) is 0.288. The van der Waals surface area contributed by atoms with Gasteiger partial charge in [0.15, 0.2) is 5.96 Å². The van der Waals surface area contributed by atoms with Crippen molar-refractivity contribution in [2.45, 2.75) is 0 Å². The molecule has 0 aromatic rings. The monoisotopic (exact) mass is 195 g/mol. The quantitative estimate of drug-likeness (QED) is 0.297. The minimum Gasteiger partial charge on any atom is -0.480 e. The molecule has 10 heavy (non-hydrogen) atoms. The van der Waals surface area contributed by atoms with Crippen LogP contribution < -0.4 is 5.73 Å². The second-order valence-corrected chi connectivity index (χ2v) is 1.64. The zero-order chi connectivity index (χ0) is 7.44. The molecule has 0 unspecified atom stereocenters. The number of nitrogens with zero attached hydrogens (tertiary/aromatic N) is 1. The fourth-order valence-corrected chi connectivity index (χ4v) is 0.288. The predicted octanol–water partition coefficient (Wildman–Crippen LogP) is -1.11. The Bertz CT molecular complexity index is 138. The van der Waals surface area contributed by atoms with Crippen LogP contribution in [-0.4, -0.2) is 35.5 Å². The first-order chi connectivity index (χ1) is 4.04. The number of hydrogen-bond acceptors (Lipinski definition) is 2. The van der Waals surface area contributed by atoms with Gasteiger partial charge in [-0.1, -0.05) is 0 Å². The molecule has 6 heteroatoms. The molecule has 0 saturated carbocycles. The van der Waals surface area contributed by atoms with Crippen LogP contribution in [0.3, 0.4) is 0 Å². The van der Waals surface area contributed by atoms with E-state index in [0.29, 0.717) is 0 Å². The average molecular weight is 197 g/mol. The number of likely N-dealkylation sites (N-methyl/N-ethyl adjacent to an activating group) is 1. The Labute approximate surface area is 71.5 Å². The van der Waals surface area contributed by atoms with Crippen LogP contribution in [0, 0.1) is 5.41 Å². The fraction of sp³-hybridized carbons (Fsp3) is 0.500. The van der Waals surface area contributed by atoms with Gasteiger partial charge in [-0.15, -0.1) is 0 Å². The number of nitrogens with one attached hydrogen (secondary N) is 1. The minimum absolute atomic E-state index is 0. The van der Waals surface area contributed by atoms with Gasteiger partial charge in [0.1, 0.15) is 6.54 Å². The second-order valence-electron chi connectivity index (χ2n) is 1.64. The Morgan fingerprint density at radius 3 is 2.30 bits per heavy atom. The topological polar surface area (TPSA) is 90.4 Å². The summed E-state index contributed by atoms with van der Waals surface area (Å²) in [5, 5.41) is 14.9. The normalized spacial score (nSPS) is 7.70. The van der Waals surface area contributed by atoms with Gasteiger partial charge >= 0.3 is 5.97 Å². The smallest absolute Gasteiger partial charge is 0.323 e. The van der Waals surface area contributed by atoms with Crippen LogP contribution in [0.1, 0.15) is 0 Å². The Morgan fingerprint density at radius 1 is 1.80 bits per heavy atom. The first-order valence-electron chi connectivity index (χ1n) is 2.31. The number of hydrogen-bond donors (Lipinski definition) is 3. The van der Waals surface area contributed by atoms with E-state index in [0.717, 1.165) is 4.90 Å². The molecule has 0 rings (SSSR count). The Kier molecular flexibility index (Phi) is 6.25. The molecule has 0 saturated heterocycles. The zero-order valence-electron chi connectivity index (χ0n) is 5.79. The van der Waals surface area contributed by atoms with E-state index < -0.39 is 5.97 Å². The van der Waals surface area contributed by atoms with E-state index in [1.165, 1.54) is 7.05 Å². The summed E-state index contributed by atoms with van der Waals surface area (Å²) in [6.45, 7) is -0.227. The van der Waals surface area contributed by atoms with Crippen LogP contribution in [0.25, 0.3) is 0 Å². The summed E-state index contributed by atoms with van der Waals surface area (Å²) in [4.78, 5) is 11.0. The van der Waals surface area contributed by atoms with Gasteiger partial charge in [0.25, 0.3) is 0 Å². The Hall–Kier alpha value is -0.637. The molecular formula is C4H9N3O2Zn. The zero-order valence-corrected chi connectivity index (χ0v) is 8.76. The van der Waals surface area contributed by atoms with Gasteiger partial charge in [-0.25, -0.2) is 0 Å². The maximum atomic E-state index is 9.92. The molecule has 0 heterocycles. The SMILES string of the molecule is CN(CC(=O)O)C(=N)N.[Zn]. The van der Waals surface area contributed by atoms with Crippen molar-refractivity contribution < 1.29 is 29.4 Å². The number of carbonyl (C=O) groups is 1. The molecule has 0 atom stereocenters.